The van der Waals surface area contributed by atoms with Crippen molar-refractivity contribution in [1.82, 2.24) is 0 Å². The van der Waals surface area contributed by atoms with Crippen LogP contribution in [0.3, 0.4) is 0 Å². The Morgan fingerprint density at radius 1 is 0.957 bits per heavy atom. The minimum absolute atomic E-state index is 0.303. The van der Waals surface area contributed by atoms with Crippen LogP contribution >= 0.6 is 0 Å². The number of nitrogens with one attached hydrogen (secondary N) is 1. The molecule has 0 atom stereocenters. The highest BCUT2D eigenvalue weighted by molar-refractivity contribution is 7.92. The predicted molar refractivity (Wildman–Crippen MR) is 96.5 cm³/mol. The van der Waals surface area contributed by atoms with Crippen LogP contribution in [0.15, 0.2) is 41.3 Å². The van der Waals surface area contributed by atoms with E-state index in [1.54, 1.807) is 12.1 Å². The summed E-state index contributed by atoms with van der Waals surface area (Å²) in [7, 11) is -3.56. The highest BCUT2D eigenvalue weighted by Crippen LogP contribution is 2.25. The summed E-state index contributed by atoms with van der Waals surface area (Å²) in [5.41, 5.74) is 4.85. The molecule has 0 aromatic heterocycles. The molecular weight excluding hydrogens is 306 g/mol. The SMILES string of the molecule is CCCCc1ccc(S(=O)(=O)Nc2c(C)cc(C)cc2C)cc1. The molecule has 2 aromatic carbocycles. The van der Waals surface area contributed by atoms with E-state index in [0.717, 1.165) is 36.0 Å². The number of benzene rings is 2. The fourth-order valence-electron chi connectivity index (χ4n) is 2.75. The van der Waals surface area contributed by atoms with Crippen LogP contribution in [0.25, 0.3) is 0 Å². The smallest absolute Gasteiger partial charge is 0.261 e. The van der Waals surface area contributed by atoms with Crippen LogP contribution in [-0.4, -0.2) is 8.42 Å². The summed E-state index contributed by atoms with van der Waals surface area (Å²) in [4.78, 5) is 0.303. The van der Waals surface area contributed by atoms with Crippen molar-refractivity contribution in [3.8, 4) is 0 Å². The molecule has 0 unspecified atom stereocenters. The molecule has 0 saturated carbocycles. The summed E-state index contributed by atoms with van der Waals surface area (Å²) in [5, 5.41) is 0. The van der Waals surface area contributed by atoms with Gasteiger partial charge in [-0.15, -0.1) is 0 Å². The number of sulfonamides is 1. The standard InChI is InChI=1S/C19H25NO2S/c1-5-6-7-17-8-10-18(11-9-17)23(21,22)20-19-15(3)12-14(2)13-16(19)4/h8-13,20H,5-7H2,1-4H3. The van der Waals surface area contributed by atoms with Gasteiger partial charge in [-0.3, -0.25) is 4.72 Å². The van der Waals surface area contributed by atoms with Gasteiger partial charge in [-0.1, -0.05) is 43.2 Å². The van der Waals surface area contributed by atoms with E-state index < -0.39 is 10.0 Å². The maximum atomic E-state index is 12.6. The number of anilines is 1. The molecule has 0 heterocycles. The Labute approximate surface area is 139 Å². The van der Waals surface area contributed by atoms with Gasteiger partial charge in [0, 0.05) is 0 Å². The Kier molecular flexibility index (Phi) is 5.47. The molecule has 0 aliphatic carbocycles. The van der Waals surface area contributed by atoms with Crippen molar-refractivity contribution in [2.24, 2.45) is 0 Å². The van der Waals surface area contributed by atoms with Crippen molar-refractivity contribution < 1.29 is 8.42 Å². The van der Waals surface area contributed by atoms with Gasteiger partial charge in [0.2, 0.25) is 0 Å². The third-order valence-electron chi connectivity index (χ3n) is 3.97. The molecular formula is C19H25NO2S. The van der Waals surface area contributed by atoms with E-state index in [1.165, 1.54) is 5.56 Å². The summed E-state index contributed by atoms with van der Waals surface area (Å²) in [6.07, 6.45) is 3.24. The summed E-state index contributed by atoms with van der Waals surface area (Å²) in [5.74, 6) is 0. The Morgan fingerprint density at radius 2 is 1.52 bits per heavy atom. The second kappa shape index (κ2) is 7.18. The third kappa shape index (κ3) is 4.35. The lowest BCUT2D eigenvalue weighted by molar-refractivity contribution is 0.601. The maximum absolute atomic E-state index is 12.6. The molecule has 0 aliphatic rings. The van der Waals surface area contributed by atoms with Crippen LogP contribution in [-0.2, 0) is 16.4 Å². The van der Waals surface area contributed by atoms with Crippen LogP contribution in [0.2, 0.25) is 0 Å². The van der Waals surface area contributed by atoms with Gasteiger partial charge in [0.25, 0.3) is 10.0 Å². The Hall–Kier alpha value is -1.81. The molecule has 0 saturated heterocycles. The molecule has 0 amide bonds. The molecule has 1 N–H and O–H groups in total. The van der Waals surface area contributed by atoms with Gasteiger partial charge >= 0.3 is 0 Å². The minimum Gasteiger partial charge on any atom is -0.279 e. The molecule has 0 spiro atoms. The first-order chi connectivity index (χ1) is 10.8. The van der Waals surface area contributed by atoms with Crippen LogP contribution in [0.5, 0.6) is 0 Å². The van der Waals surface area contributed by atoms with Crippen LogP contribution in [0, 0.1) is 20.8 Å². The molecule has 0 bridgehead atoms. The van der Waals surface area contributed by atoms with Crippen molar-refractivity contribution in [2.45, 2.75) is 51.9 Å². The van der Waals surface area contributed by atoms with E-state index in [0.29, 0.717) is 10.6 Å². The number of hydrogen-bond donors (Lipinski definition) is 1. The minimum atomic E-state index is -3.56. The van der Waals surface area contributed by atoms with E-state index in [2.05, 4.69) is 11.6 Å². The average molecular weight is 331 g/mol. The normalized spacial score (nSPS) is 11.5. The quantitative estimate of drug-likeness (QED) is 0.830. The van der Waals surface area contributed by atoms with Crippen molar-refractivity contribution in [3.05, 3.63) is 58.7 Å². The lowest BCUT2D eigenvalue weighted by Gasteiger charge is -2.14. The van der Waals surface area contributed by atoms with E-state index in [9.17, 15) is 8.42 Å². The average Bonchev–Trinajstić information content (AvgIpc) is 2.49. The molecule has 0 radical (unpaired) electrons. The lowest BCUT2D eigenvalue weighted by Crippen LogP contribution is -2.15. The van der Waals surface area contributed by atoms with E-state index in [1.807, 2.05) is 45.0 Å². The van der Waals surface area contributed by atoms with Gasteiger partial charge < -0.3 is 0 Å². The highest BCUT2D eigenvalue weighted by atomic mass is 32.2. The van der Waals surface area contributed by atoms with E-state index >= 15 is 0 Å². The van der Waals surface area contributed by atoms with Crippen LogP contribution < -0.4 is 4.72 Å². The van der Waals surface area contributed by atoms with Gasteiger partial charge in [0.05, 0.1) is 10.6 Å². The summed E-state index contributed by atoms with van der Waals surface area (Å²) in [6, 6.07) is 11.1. The highest BCUT2D eigenvalue weighted by Gasteiger charge is 2.16. The summed E-state index contributed by atoms with van der Waals surface area (Å²) < 4.78 is 27.9. The van der Waals surface area contributed by atoms with Crippen molar-refractivity contribution in [1.29, 1.82) is 0 Å². The van der Waals surface area contributed by atoms with Gasteiger partial charge in [-0.05, 0) is 62.4 Å². The van der Waals surface area contributed by atoms with Crippen LogP contribution in [0.4, 0.5) is 5.69 Å². The largest absolute Gasteiger partial charge is 0.279 e. The topological polar surface area (TPSA) is 46.2 Å². The molecule has 4 heteroatoms. The van der Waals surface area contributed by atoms with Gasteiger partial charge in [-0.25, -0.2) is 8.42 Å². The second-order valence-corrected chi connectivity index (χ2v) is 7.81. The lowest BCUT2D eigenvalue weighted by atomic mass is 10.1. The van der Waals surface area contributed by atoms with Crippen molar-refractivity contribution in [2.75, 3.05) is 4.72 Å². The van der Waals surface area contributed by atoms with Gasteiger partial charge in [0.1, 0.15) is 0 Å². The number of rotatable bonds is 6. The molecule has 0 aliphatic heterocycles. The van der Waals surface area contributed by atoms with E-state index in [4.69, 9.17) is 0 Å². The first-order valence-electron chi connectivity index (χ1n) is 8.03. The molecule has 2 aromatic rings. The van der Waals surface area contributed by atoms with Crippen molar-refractivity contribution >= 4 is 15.7 Å². The number of hydrogen-bond acceptors (Lipinski definition) is 2. The molecule has 0 fully saturated rings. The Balaban J connectivity index is 2.25. The first-order valence-corrected chi connectivity index (χ1v) is 9.51. The Bertz CT molecular complexity index is 755. The molecule has 3 nitrogen and oxygen atoms in total. The number of unbranched alkanes of at least 4 members (excludes halogenated alkanes) is 1. The Morgan fingerprint density at radius 3 is 2.04 bits per heavy atom. The fraction of sp³-hybridized carbons (Fsp3) is 0.368. The summed E-state index contributed by atoms with van der Waals surface area (Å²) in [6.45, 7) is 8.00. The zero-order valence-electron chi connectivity index (χ0n) is 14.3. The van der Waals surface area contributed by atoms with Crippen molar-refractivity contribution in [3.63, 3.8) is 0 Å². The fourth-order valence-corrected chi connectivity index (χ4v) is 3.95. The first kappa shape index (κ1) is 17.5. The van der Waals surface area contributed by atoms with Gasteiger partial charge in [0.15, 0.2) is 0 Å². The zero-order valence-corrected chi connectivity index (χ0v) is 15.1. The van der Waals surface area contributed by atoms with E-state index in [-0.39, 0.29) is 0 Å². The van der Waals surface area contributed by atoms with Crippen LogP contribution in [0.1, 0.15) is 42.0 Å². The number of aryl methyl sites for hydroxylation is 4. The molecule has 124 valence electrons. The second-order valence-electron chi connectivity index (χ2n) is 6.13. The molecule has 2 rings (SSSR count). The summed E-state index contributed by atoms with van der Waals surface area (Å²) >= 11 is 0. The predicted octanol–water partition coefficient (Wildman–Crippen LogP) is 4.76. The zero-order chi connectivity index (χ0) is 17.0. The van der Waals surface area contributed by atoms with Gasteiger partial charge in [-0.2, -0.15) is 0 Å². The molecule has 23 heavy (non-hydrogen) atoms. The maximum Gasteiger partial charge on any atom is 0.261 e. The monoisotopic (exact) mass is 331 g/mol. The third-order valence-corrected chi connectivity index (χ3v) is 5.33.